The molecule has 5 heteroatoms. The molecule has 0 radical (unpaired) electrons. The van der Waals surface area contributed by atoms with Gasteiger partial charge in [0.25, 0.3) is 5.91 Å². The van der Waals surface area contributed by atoms with Crippen molar-refractivity contribution in [2.24, 2.45) is 11.7 Å². The largest absolute Gasteiger partial charge is 0.339 e. The molecular weight excluding hydrogens is 266 g/mol. The summed E-state index contributed by atoms with van der Waals surface area (Å²) in [7, 11) is 0. The van der Waals surface area contributed by atoms with E-state index in [9.17, 15) is 9.59 Å². The van der Waals surface area contributed by atoms with Gasteiger partial charge in [-0.2, -0.15) is 0 Å². The number of amides is 2. The van der Waals surface area contributed by atoms with Gasteiger partial charge in [0, 0.05) is 44.2 Å². The first-order chi connectivity index (χ1) is 10.0. The van der Waals surface area contributed by atoms with Crippen molar-refractivity contribution in [2.75, 3.05) is 26.2 Å². The SMILES string of the molecule is CC(C)C(=O)N1CCN(C(=O)c2ccc(CN)cc2)CC1. The van der Waals surface area contributed by atoms with Crippen molar-refractivity contribution in [2.45, 2.75) is 20.4 Å². The molecule has 0 atom stereocenters. The zero-order valence-corrected chi connectivity index (χ0v) is 12.7. The Bertz CT molecular complexity index is 503. The Hall–Kier alpha value is -1.88. The average molecular weight is 289 g/mol. The van der Waals surface area contributed by atoms with Crippen LogP contribution in [0.1, 0.15) is 29.8 Å². The van der Waals surface area contributed by atoms with E-state index in [0.29, 0.717) is 38.3 Å². The van der Waals surface area contributed by atoms with Gasteiger partial charge in [-0.1, -0.05) is 26.0 Å². The maximum absolute atomic E-state index is 12.4. The van der Waals surface area contributed by atoms with Gasteiger partial charge >= 0.3 is 0 Å². The Balaban J connectivity index is 1.95. The van der Waals surface area contributed by atoms with Crippen molar-refractivity contribution in [3.05, 3.63) is 35.4 Å². The van der Waals surface area contributed by atoms with Crippen molar-refractivity contribution >= 4 is 11.8 Å². The van der Waals surface area contributed by atoms with E-state index in [1.54, 1.807) is 0 Å². The first kappa shape index (κ1) is 15.5. The van der Waals surface area contributed by atoms with Crippen molar-refractivity contribution in [3.63, 3.8) is 0 Å². The molecule has 1 aromatic rings. The number of nitrogens with zero attached hydrogens (tertiary/aromatic N) is 2. The molecule has 2 N–H and O–H groups in total. The number of carbonyl (C=O) groups excluding carboxylic acids is 2. The Labute approximate surface area is 125 Å². The summed E-state index contributed by atoms with van der Waals surface area (Å²) in [5, 5.41) is 0. The van der Waals surface area contributed by atoms with Crippen molar-refractivity contribution in [1.82, 2.24) is 9.80 Å². The van der Waals surface area contributed by atoms with E-state index in [2.05, 4.69) is 0 Å². The zero-order chi connectivity index (χ0) is 15.4. The molecule has 0 unspecified atom stereocenters. The number of piperazine rings is 1. The Morgan fingerprint density at radius 2 is 1.57 bits per heavy atom. The van der Waals surface area contributed by atoms with Gasteiger partial charge in [0.2, 0.25) is 5.91 Å². The van der Waals surface area contributed by atoms with Crippen LogP contribution in [0.3, 0.4) is 0 Å². The minimum absolute atomic E-state index is 0.0102. The molecule has 1 heterocycles. The van der Waals surface area contributed by atoms with Gasteiger partial charge < -0.3 is 15.5 Å². The number of nitrogens with two attached hydrogens (primary N) is 1. The van der Waals surface area contributed by atoms with Crippen molar-refractivity contribution in [3.8, 4) is 0 Å². The molecule has 0 saturated carbocycles. The highest BCUT2D eigenvalue weighted by Gasteiger charge is 2.25. The molecule has 5 nitrogen and oxygen atoms in total. The normalized spacial score (nSPS) is 15.4. The number of hydrogen-bond acceptors (Lipinski definition) is 3. The van der Waals surface area contributed by atoms with Gasteiger partial charge in [-0.3, -0.25) is 9.59 Å². The van der Waals surface area contributed by atoms with E-state index in [4.69, 9.17) is 5.73 Å². The fourth-order valence-electron chi connectivity index (χ4n) is 2.46. The fourth-order valence-corrected chi connectivity index (χ4v) is 2.46. The molecule has 1 aliphatic rings. The lowest BCUT2D eigenvalue weighted by molar-refractivity contribution is -0.135. The highest BCUT2D eigenvalue weighted by atomic mass is 16.2. The Kier molecular flexibility index (Phi) is 4.96. The third-order valence-corrected chi connectivity index (χ3v) is 3.81. The van der Waals surface area contributed by atoms with Gasteiger partial charge in [0.15, 0.2) is 0 Å². The summed E-state index contributed by atoms with van der Waals surface area (Å²) in [4.78, 5) is 28.0. The van der Waals surface area contributed by atoms with Gasteiger partial charge in [-0.25, -0.2) is 0 Å². The van der Waals surface area contributed by atoms with Crippen LogP contribution in [0.15, 0.2) is 24.3 Å². The maximum atomic E-state index is 12.4. The van der Waals surface area contributed by atoms with E-state index in [1.165, 1.54) is 0 Å². The lowest BCUT2D eigenvalue weighted by atomic mass is 10.1. The van der Waals surface area contributed by atoms with E-state index in [-0.39, 0.29) is 17.7 Å². The highest BCUT2D eigenvalue weighted by molar-refractivity contribution is 5.94. The van der Waals surface area contributed by atoms with E-state index in [0.717, 1.165) is 5.56 Å². The summed E-state index contributed by atoms with van der Waals surface area (Å²) in [6.45, 7) is 6.70. The number of carbonyl (C=O) groups is 2. The van der Waals surface area contributed by atoms with E-state index < -0.39 is 0 Å². The lowest BCUT2D eigenvalue weighted by Gasteiger charge is -2.35. The fraction of sp³-hybridized carbons (Fsp3) is 0.500. The second-order valence-electron chi connectivity index (χ2n) is 5.67. The topological polar surface area (TPSA) is 66.6 Å². The summed E-state index contributed by atoms with van der Waals surface area (Å²) in [6, 6.07) is 7.39. The van der Waals surface area contributed by atoms with Gasteiger partial charge in [-0.15, -0.1) is 0 Å². The van der Waals surface area contributed by atoms with Crippen LogP contribution in [0.5, 0.6) is 0 Å². The monoisotopic (exact) mass is 289 g/mol. The Morgan fingerprint density at radius 1 is 1.05 bits per heavy atom. The molecule has 1 saturated heterocycles. The number of benzene rings is 1. The average Bonchev–Trinajstić information content (AvgIpc) is 2.53. The minimum Gasteiger partial charge on any atom is -0.339 e. The van der Waals surface area contributed by atoms with E-state index in [1.807, 2.05) is 47.9 Å². The third-order valence-electron chi connectivity index (χ3n) is 3.81. The van der Waals surface area contributed by atoms with Gasteiger partial charge in [0.1, 0.15) is 0 Å². The van der Waals surface area contributed by atoms with Crippen LogP contribution < -0.4 is 5.73 Å². The molecule has 0 aromatic heterocycles. The van der Waals surface area contributed by atoms with Crippen LogP contribution in [0, 0.1) is 5.92 Å². The van der Waals surface area contributed by atoms with Crippen LogP contribution in [0.4, 0.5) is 0 Å². The molecular formula is C16H23N3O2. The molecule has 1 aromatic carbocycles. The first-order valence-electron chi connectivity index (χ1n) is 7.40. The molecule has 2 amide bonds. The second-order valence-corrected chi connectivity index (χ2v) is 5.67. The highest BCUT2D eigenvalue weighted by Crippen LogP contribution is 2.12. The van der Waals surface area contributed by atoms with Crippen molar-refractivity contribution < 1.29 is 9.59 Å². The number of rotatable bonds is 3. The van der Waals surface area contributed by atoms with Crippen LogP contribution in [-0.2, 0) is 11.3 Å². The predicted octanol–water partition coefficient (Wildman–Crippen LogP) is 1.09. The van der Waals surface area contributed by atoms with E-state index >= 15 is 0 Å². The molecule has 114 valence electrons. The van der Waals surface area contributed by atoms with Gasteiger partial charge in [0.05, 0.1) is 0 Å². The van der Waals surface area contributed by atoms with Crippen LogP contribution in [0.25, 0.3) is 0 Å². The number of hydrogen-bond donors (Lipinski definition) is 1. The molecule has 0 bridgehead atoms. The molecule has 1 aliphatic heterocycles. The van der Waals surface area contributed by atoms with Crippen LogP contribution in [0.2, 0.25) is 0 Å². The summed E-state index contributed by atoms with van der Waals surface area (Å²) in [6.07, 6.45) is 0. The van der Waals surface area contributed by atoms with Crippen LogP contribution in [-0.4, -0.2) is 47.8 Å². The molecule has 21 heavy (non-hydrogen) atoms. The maximum Gasteiger partial charge on any atom is 0.253 e. The zero-order valence-electron chi connectivity index (χ0n) is 12.7. The standard InChI is InChI=1S/C16H23N3O2/c1-12(2)15(20)18-7-9-19(10-8-18)16(21)14-5-3-13(11-17)4-6-14/h3-6,12H,7-11,17H2,1-2H3. The predicted molar refractivity (Wildman–Crippen MR) is 81.7 cm³/mol. The summed E-state index contributed by atoms with van der Waals surface area (Å²) in [5.74, 6) is 0.195. The Morgan fingerprint density at radius 3 is 2.05 bits per heavy atom. The summed E-state index contributed by atoms with van der Waals surface area (Å²) in [5.41, 5.74) is 7.24. The molecule has 0 spiro atoms. The smallest absolute Gasteiger partial charge is 0.253 e. The molecule has 0 aliphatic carbocycles. The van der Waals surface area contributed by atoms with Crippen LogP contribution >= 0.6 is 0 Å². The van der Waals surface area contributed by atoms with Gasteiger partial charge in [-0.05, 0) is 17.7 Å². The second kappa shape index (κ2) is 6.72. The summed E-state index contributed by atoms with van der Waals surface area (Å²) >= 11 is 0. The third kappa shape index (κ3) is 3.61. The molecule has 1 fully saturated rings. The molecule has 2 rings (SSSR count). The first-order valence-corrected chi connectivity index (χ1v) is 7.40. The summed E-state index contributed by atoms with van der Waals surface area (Å²) < 4.78 is 0. The minimum atomic E-state index is 0.0102. The lowest BCUT2D eigenvalue weighted by Crippen LogP contribution is -2.51. The quantitative estimate of drug-likeness (QED) is 0.905. The van der Waals surface area contributed by atoms with Crippen molar-refractivity contribution in [1.29, 1.82) is 0 Å².